The van der Waals surface area contributed by atoms with E-state index in [9.17, 15) is 9.59 Å². The van der Waals surface area contributed by atoms with Gasteiger partial charge in [0, 0.05) is 23.6 Å². The Morgan fingerprint density at radius 3 is 2.08 bits per heavy atom. The maximum atomic E-state index is 12.9. The Labute approximate surface area is 233 Å². The molecule has 4 rings (SSSR count). The first-order chi connectivity index (χ1) is 18.7. The van der Waals surface area contributed by atoms with Crippen molar-refractivity contribution in [3.8, 4) is 11.5 Å². The zero-order valence-corrected chi connectivity index (χ0v) is 23.2. The van der Waals surface area contributed by atoms with E-state index in [2.05, 4.69) is 10.6 Å². The Kier molecular flexibility index (Phi) is 8.94. The van der Waals surface area contributed by atoms with Crippen molar-refractivity contribution in [1.82, 2.24) is 4.57 Å². The van der Waals surface area contributed by atoms with Crippen molar-refractivity contribution >= 4 is 40.6 Å². The number of carbonyl (C=O) groups is 1. The molecule has 0 aliphatic heterocycles. The highest BCUT2D eigenvalue weighted by atomic mass is 35.5. The fraction of sp³-hybridized carbons (Fsp3) is 0.226. The minimum atomic E-state index is -0.219. The topological polar surface area (TPSA) is 81.6 Å². The molecule has 0 unspecified atom stereocenters. The predicted octanol–water partition coefficient (Wildman–Crippen LogP) is 7.42. The summed E-state index contributed by atoms with van der Waals surface area (Å²) in [6, 6.07) is 22.1. The molecular formula is C31H32ClN3O4. The highest BCUT2D eigenvalue weighted by Crippen LogP contribution is 2.35. The first-order valence-corrected chi connectivity index (χ1v) is 13.1. The molecule has 8 heteroatoms. The molecule has 1 heterocycles. The zero-order valence-electron chi connectivity index (χ0n) is 22.4. The van der Waals surface area contributed by atoms with Crippen molar-refractivity contribution < 1.29 is 14.3 Å². The van der Waals surface area contributed by atoms with Gasteiger partial charge in [0.2, 0.25) is 0 Å². The number of hydrogen-bond donors (Lipinski definition) is 2. The number of aldehydes is 1. The number of carbonyl (C=O) groups excluding carboxylic acids is 1. The minimum absolute atomic E-state index is 0.00630. The van der Waals surface area contributed by atoms with Crippen LogP contribution >= 0.6 is 11.6 Å². The van der Waals surface area contributed by atoms with Gasteiger partial charge in [0.15, 0.2) is 6.29 Å². The molecule has 0 radical (unpaired) electrons. The summed E-state index contributed by atoms with van der Waals surface area (Å²) in [4.78, 5) is 24.8. The lowest BCUT2D eigenvalue weighted by molar-refractivity contribution is 0.112. The molecule has 1 aromatic heterocycles. The van der Waals surface area contributed by atoms with Crippen LogP contribution in [0, 0.1) is 0 Å². The van der Waals surface area contributed by atoms with Gasteiger partial charge in [-0.05, 0) is 69.7 Å². The van der Waals surface area contributed by atoms with Gasteiger partial charge in [-0.3, -0.25) is 9.59 Å². The maximum absolute atomic E-state index is 12.9. The summed E-state index contributed by atoms with van der Waals surface area (Å²) in [5, 5.41) is 7.07. The van der Waals surface area contributed by atoms with Gasteiger partial charge < -0.3 is 24.7 Å². The number of nitrogens with one attached hydrogen (secondary N) is 2. The van der Waals surface area contributed by atoms with Crippen molar-refractivity contribution in [2.24, 2.45) is 0 Å². The van der Waals surface area contributed by atoms with Gasteiger partial charge in [0.05, 0.1) is 40.7 Å². The van der Waals surface area contributed by atoms with E-state index in [4.69, 9.17) is 21.1 Å². The summed E-state index contributed by atoms with van der Waals surface area (Å²) in [5.41, 5.74) is 3.64. The van der Waals surface area contributed by atoms with Crippen molar-refractivity contribution in [2.45, 2.75) is 46.4 Å². The predicted molar refractivity (Wildman–Crippen MR) is 158 cm³/mol. The van der Waals surface area contributed by atoms with Crippen LogP contribution in [0.3, 0.4) is 0 Å². The molecule has 0 spiro atoms. The number of halogens is 1. The summed E-state index contributed by atoms with van der Waals surface area (Å²) >= 11 is 6.44. The average molecular weight is 546 g/mol. The van der Waals surface area contributed by atoms with Gasteiger partial charge in [-0.2, -0.15) is 0 Å². The highest BCUT2D eigenvalue weighted by molar-refractivity contribution is 6.32. The Hall–Kier alpha value is -4.23. The zero-order chi connectivity index (χ0) is 27.9. The lowest BCUT2D eigenvalue weighted by atomic mass is 10.2. The van der Waals surface area contributed by atoms with Crippen molar-refractivity contribution in [1.29, 1.82) is 0 Å². The monoisotopic (exact) mass is 545 g/mol. The van der Waals surface area contributed by atoms with Gasteiger partial charge in [-0.1, -0.05) is 41.9 Å². The lowest BCUT2D eigenvalue weighted by Gasteiger charge is -2.19. The van der Waals surface area contributed by atoms with Gasteiger partial charge in [-0.25, -0.2) is 0 Å². The third-order valence-corrected chi connectivity index (χ3v) is 5.97. The van der Waals surface area contributed by atoms with Crippen LogP contribution in [0.4, 0.5) is 22.7 Å². The first kappa shape index (κ1) is 27.8. The van der Waals surface area contributed by atoms with Crippen LogP contribution in [0.2, 0.25) is 5.02 Å². The average Bonchev–Trinajstić information content (AvgIpc) is 2.89. The molecule has 0 saturated heterocycles. The minimum Gasteiger partial charge on any atom is -0.489 e. The Morgan fingerprint density at radius 1 is 0.821 bits per heavy atom. The van der Waals surface area contributed by atoms with Gasteiger partial charge in [0.25, 0.3) is 5.56 Å². The van der Waals surface area contributed by atoms with Crippen LogP contribution < -0.4 is 25.7 Å². The molecule has 3 aromatic carbocycles. The molecule has 202 valence electrons. The van der Waals surface area contributed by atoms with E-state index in [0.717, 1.165) is 17.5 Å². The van der Waals surface area contributed by atoms with Crippen LogP contribution in [-0.2, 0) is 6.54 Å². The standard InChI is InChI=1S/C31H32ClN3O4/c1-20(2)38-29-12-10-24(14-26(29)32)34-28-15-25(11-13-30(28)39-21(3)4)33-27-16-31(37)35(18-23(27)19-36)17-22-8-6-5-7-9-22/h5-16,18-21,33-34H,17H2,1-4H3. The smallest absolute Gasteiger partial charge is 0.252 e. The maximum Gasteiger partial charge on any atom is 0.252 e. The van der Waals surface area contributed by atoms with E-state index in [1.54, 1.807) is 12.3 Å². The number of hydrogen-bond acceptors (Lipinski definition) is 6. The Bertz CT molecular complexity index is 1500. The summed E-state index contributed by atoms with van der Waals surface area (Å²) in [6.45, 7) is 8.16. The normalized spacial score (nSPS) is 10.9. The molecule has 0 saturated carbocycles. The highest BCUT2D eigenvalue weighted by Gasteiger charge is 2.13. The van der Waals surface area contributed by atoms with Crippen LogP contribution in [0.1, 0.15) is 43.6 Å². The van der Waals surface area contributed by atoms with Gasteiger partial charge in [-0.15, -0.1) is 0 Å². The van der Waals surface area contributed by atoms with Crippen molar-refractivity contribution in [2.75, 3.05) is 10.6 Å². The number of anilines is 4. The summed E-state index contributed by atoms with van der Waals surface area (Å²) in [7, 11) is 0. The molecule has 0 amide bonds. The first-order valence-electron chi connectivity index (χ1n) is 12.8. The van der Waals surface area contributed by atoms with Gasteiger partial charge in [0.1, 0.15) is 11.5 Å². The quantitative estimate of drug-likeness (QED) is 0.191. The molecule has 4 aromatic rings. The van der Waals surface area contributed by atoms with E-state index in [0.29, 0.717) is 45.7 Å². The van der Waals surface area contributed by atoms with E-state index >= 15 is 0 Å². The summed E-state index contributed by atoms with van der Waals surface area (Å²) < 4.78 is 13.3. The molecule has 0 aliphatic carbocycles. The lowest BCUT2D eigenvalue weighted by Crippen LogP contribution is -2.21. The van der Waals surface area contributed by atoms with Crippen LogP contribution in [0.5, 0.6) is 11.5 Å². The number of rotatable bonds is 11. The van der Waals surface area contributed by atoms with E-state index in [1.165, 1.54) is 10.6 Å². The summed E-state index contributed by atoms with van der Waals surface area (Å²) in [6.07, 6.45) is 2.27. The number of aromatic nitrogens is 1. The van der Waals surface area contributed by atoms with Crippen LogP contribution in [0.15, 0.2) is 83.8 Å². The Balaban J connectivity index is 1.62. The second-order valence-corrected chi connectivity index (χ2v) is 10.1. The van der Waals surface area contributed by atoms with Crippen molar-refractivity contribution in [3.63, 3.8) is 0 Å². The molecule has 39 heavy (non-hydrogen) atoms. The third-order valence-electron chi connectivity index (χ3n) is 5.67. The molecule has 2 N–H and O–H groups in total. The molecule has 0 fully saturated rings. The van der Waals surface area contributed by atoms with Crippen LogP contribution in [-0.4, -0.2) is 23.1 Å². The fourth-order valence-electron chi connectivity index (χ4n) is 4.00. The van der Waals surface area contributed by atoms with Gasteiger partial charge >= 0.3 is 0 Å². The molecule has 0 atom stereocenters. The van der Waals surface area contributed by atoms with Crippen molar-refractivity contribution in [3.05, 3.63) is 105 Å². The third kappa shape index (κ3) is 7.42. The number of ether oxygens (including phenoxy) is 2. The molecule has 0 aliphatic rings. The SMILES string of the molecule is CC(C)Oc1ccc(Nc2cc(Nc3cc(=O)n(Cc4ccccc4)cc3C=O)ccc2OC(C)C)cc1Cl. The second kappa shape index (κ2) is 12.5. The fourth-order valence-corrected chi connectivity index (χ4v) is 4.22. The summed E-state index contributed by atoms with van der Waals surface area (Å²) in [5.74, 6) is 1.25. The number of pyridine rings is 1. The largest absolute Gasteiger partial charge is 0.489 e. The van der Waals surface area contributed by atoms with E-state index in [1.807, 2.05) is 88.4 Å². The second-order valence-electron chi connectivity index (χ2n) is 9.65. The molecule has 7 nitrogen and oxygen atoms in total. The number of benzene rings is 3. The number of nitrogens with zero attached hydrogens (tertiary/aromatic N) is 1. The van der Waals surface area contributed by atoms with Crippen LogP contribution in [0.25, 0.3) is 0 Å². The molecular weight excluding hydrogens is 514 g/mol. The van der Waals surface area contributed by atoms with E-state index in [-0.39, 0.29) is 17.8 Å². The van der Waals surface area contributed by atoms with E-state index < -0.39 is 0 Å². The molecule has 0 bridgehead atoms. The Morgan fingerprint density at radius 2 is 1.44 bits per heavy atom.